The van der Waals surface area contributed by atoms with Gasteiger partial charge in [-0.1, -0.05) is 30.3 Å². The van der Waals surface area contributed by atoms with E-state index in [1.807, 2.05) is 38.5 Å². The molecule has 0 spiro atoms. The van der Waals surface area contributed by atoms with E-state index < -0.39 is 0 Å². The molecule has 3 rings (SSSR count). The van der Waals surface area contributed by atoms with Crippen LogP contribution < -0.4 is 4.90 Å². The summed E-state index contributed by atoms with van der Waals surface area (Å²) in [5, 5.41) is 0. The maximum Gasteiger partial charge on any atom is 0.182 e. The molecule has 0 atom stereocenters. The molecule has 3 nitrogen and oxygen atoms in total. The molecule has 0 fully saturated rings. The number of rotatable bonds is 3. The third kappa shape index (κ3) is 2.62. The molecular weight excluding hydrogens is 278 g/mol. The molecule has 0 bridgehead atoms. The number of nitrogens with one attached hydrogen (secondary N) is 1. The number of benzene rings is 2. The van der Waals surface area contributed by atoms with Gasteiger partial charge in [0.1, 0.15) is 0 Å². The number of hydrogen-bond donors (Lipinski definition) is 1. The zero-order chi connectivity index (χ0) is 14.8. The Morgan fingerprint density at radius 2 is 1.62 bits per heavy atom. The fraction of sp³-hybridized carbons (Fsp3) is 0.118. The Morgan fingerprint density at radius 1 is 0.952 bits per heavy atom. The number of H-pyrrole nitrogens is 1. The lowest BCUT2D eigenvalue weighted by Gasteiger charge is -2.14. The summed E-state index contributed by atoms with van der Waals surface area (Å²) in [5.41, 5.74) is 4.44. The second kappa shape index (κ2) is 5.58. The Bertz CT molecular complexity index is 783. The summed E-state index contributed by atoms with van der Waals surface area (Å²) in [6.45, 7) is 0. The first-order chi connectivity index (χ1) is 10.2. The van der Waals surface area contributed by atoms with Crippen LogP contribution >= 0.6 is 12.2 Å². The number of anilines is 1. The molecule has 0 aliphatic heterocycles. The van der Waals surface area contributed by atoms with Crippen molar-refractivity contribution in [2.24, 2.45) is 0 Å². The van der Waals surface area contributed by atoms with Crippen molar-refractivity contribution in [1.82, 2.24) is 9.55 Å². The highest BCUT2D eigenvalue weighted by Gasteiger charge is 2.08. The highest BCUT2D eigenvalue weighted by molar-refractivity contribution is 7.71. The summed E-state index contributed by atoms with van der Waals surface area (Å²) in [7, 11) is 4.07. The van der Waals surface area contributed by atoms with E-state index >= 15 is 0 Å². The van der Waals surface area contributed by atoms with Crippen LogP contribution in [0, 0.1) is 4.77 Å². The maximum atomic E-state index is 5.44. The van der Waals surface area contributed by atoms with Gasteiger partial charge in [0.25, 0.3) is 0 Å². The minimum absolute atomic E-state index is 0.700. The summed E-state index contributed by atoms with van der Waals surface area (Å²) < 4.78 is 2.76. The van der Waals surface area contributed by atoms with E-state index in [2.05, 4.69) is 50.8 Å². The third-order valence-electron chi connectivity index (χ3n) is 3.47. The van der Waals surface area contributed by atoms with Crippen LogP contribution in [0.25, 0.3) is 16.9 Å². The Morgan fingerprint density at radius 3 is 2.24 bits per heavy atom. The van der Waals surface area contributed by atoms with E-state index in [1.165, 1.54) is 5.69 Å². The molecule has 1 N–H and O–H groups in total. The topological polar surface area (TPSA) is 24.0 Å². The highest BCUT2D eigenvalue weighted by Crippen LogP contribution is 2.24. The number of hydrogen-bond acceptors (Lipinski definition) is 2. The molecule has 1 heterocycles. The summed E-state index contributed by atoms with van der Waals surface area (Å²) >= 11 is 5.44. The van der Waals surface area contributed by atoms with Crippen LogP contribution in [0.5, 0.6) is 0 Å². The van der Waals surface area contributed by atoms with Crippen molar-refractivity contribution >= 4 is 17.9 Å². The van der Waals surface area contributed by atoms with Crippen molar-refractivity contribution in [2.75, 3.05) is 19.0 Å². The van der Waals surface area contributed by atoms with Crippen LogP contribution in [0.15, 0.2) is 60.8 Å². The zero-order valence-corrected chi connectivity index (χ0v) is 12.9. The molecule has 3 aromatic rings. The average Bonchev–Trinajstić information content (AvgIpc) is 2.90. The molecule has 0 amide bonds. The fourth-order valence-corrected chi connectivity index (χ4v) is 2.61. The summed E-state index contributed by atoms with van der Waals surface area (Å²) in [5.74, 6) is 0. The SMILES string of the molecule is CN(C)c1ccc(-n2c(-c3ccccc3)c[nH]c2=S)cc1. The molecule has 106 valence electrons. The van der Waals surface area contributed by atoms with Gasteiger partial charge in [-0.2, -0.15) is 0 Å². The smallest absolute Gasteiger partial charge is 0.182 e. The monoisotopic (exact) mass is 295 g/mol. The summed E-state index contributed by atoms with van der Waals surface area (Å²) in [6, 6.07) is 18.6. The van der Waals surface area contributed by atoms with E-state index in [-0.39, 0.29) is 0 Å². The van der Waals surface area contributed by atoms with Gasteiger partial charge in [-0.15, -0.1) is 0 Å². The standard InChI is InChI=1S/C17H17N3S/c1-19(2)14-8-10-15(11-9-14)20-16(12-18-17(20)21)13-6-4-3-5-7-13/h3-12H,1-2H3,(H,18,21). The van der Waals surface area contributed by atoms with Crippen LogP contribution in [-0.4, -0.2) is 23.6 Å². The van der Waals surface area contributed by atoms with Gasteiger partial charge in [-0.25, -0.2) is 0 Å². The van der Waals surface area contributed by atoms with Crippen molar-refractivity contribution in [1.29, 1.82) is 0 Å². The van der Waals surface area contributed by atoms with Crippen LogP contribution in [-0.2, 0) is 0 Å². The van der Waals surface area contributed by atoms with Crippen molar-refractivity contribution < 1.29 is 0 Å². The Hall–Kier alpha value is -2.33. The molecule has 0 aliphatic carbocycles. The molecule has 2 aromatic carbocycles. The van der Waals surface area contributed by atoms with E-state index in [1.54, 1.807) is 0 Å². The second-order valence-electron chi connectivity index (χ2n) is 5.09. The summed E-state index contributed by atoms with van der Waals surface area (Å²) in [4.78, 5) is 5.22. The third-order valence-corrected chi connectivity index (χ3v) is 3.77. The largest absolute Gasteiger partial charge is 0.378 e. The highest BCUT2D eigenvalue weighted by atomic mass is 32.1. The number of aromatic nitrogens is 2. The van der Waals surface area contributed by atoms with Crippen LogP contribution in [0.2, 0.25) is 0 Å². The lowest BCUT2D eigenvalue weighted by Crippen LogP contribution is -2.08. The molecule has 1 aromatic heterocycles. The molecular formula is C17H17N3S. The Balaban J connectivity index is 2.11. The van der Waals surface area contributed by atoms with E-state index in [0.29, 0.717) is 4.77 Å². The Labute approximate surface area is 129 Å². The van der Waals surface area contributed by atoms with Gasteiger partial charge in [-0.3, -0.25) is 4.57 Å². The van der Waals surface area contributed by atoms with Crippen molar-refractivity contribution in [3.05, 3.63) is 65.6 Å². The van der Waals surface area contributed by atoms with E-state index in [4.69, 9.17) is 12.2 Å². The maximum absolute atomic E-state index is 5.44. The zero-order valence-electron chi connectivity index (χ0n) is 12.1. The van der Waals surface area contributed by atoms with Gasteiger partial charge < -0.3 is 9.88 Å². The van der Waals surface area contributed by atoms with Crippen molar-refractivity contribution in [2.45, 2.75) is 0 Å². The number of aromatic amines is 1. The lowest BCUT2D eigenvalue weighted by molar-refractivity contribution is 1.03. The molecule has 21 heavy (non-hydrogen) atoms. The minimum atomic E-state index is 0.700. The van der Waals surface area contributed by atoms with Gasteiger partial charge in [0.15, 0.2) is 4.77 Å². The van der Waals surface area contributed by atoms with Crippen molar-refractivity contribution in [3.8, 4) is 16.9 Å². The van der Waals surface area contributed by atoms with Crippen molar-refractivity contribution in [3.63, 3.8) is 0 Å². The normalized spacial score (nSPS) is 10.6. The first-order valence-corrected chi connectivity index (χ1v) is 7.21. The van der Waals surface area contributed by atoms with Crippen LogP contribution in [0.3, 0.4) is 0 Å². The predicted molar refractivity (Wildman–Crippen MR) is 90.7 cm³/mol. The predicted octanol–water partition coefficient (Wildman–Crippen LogP) is 4.27. The minimum Gasteiger partial charge on any atom is -0.378 e. The van der Waals surface area contributed by atoms with Gasteiger partial charge in [-0.05, 0) is 36.5 Å². The summed E-state index contributed by atoms with van der Waals surface area (Å²) in [6.07, 6.45) is 1.96. The first-order valence-electron chi connectivity index (χ1n) is 6.80. The quantitative estimate of drug-likeness (QED) is 0.730. The van der Waals surface area contributed by atoms with E-state index in [0.717, 1.165) is 16.9 Å². The fourth-order valence-electron chi connectivity index (χ4n) is 2.35. The van der Waals surface area contributed by atoms with Crippen LogP contribution in [0.4, 0.5) is 5.69 Å². The molecule has 0 saturated heterocycles. The van der Waals surface area contributed by atoms with Gasteiger partial charge >= 0.3 is 0 Å². The molecule has 4 heteroatoms. The lowest BCUT2D eigenvalue weighted by atomic mass is 10.1. The number of imidazole rings is 1. The molecule has 0 radical (unpaired) electrons. The first kappa shape index (κ1) is 13.6. The second-order valence-corrected chi connectivity index (χ2v) is 5.48. The average molecular weight is 295 g/mol. The molecule has 0 saturated carbocycles. The molecule has 0 unspecified atom stereocenters. The molecule has 0 aliphatic rings. The van der Waals surface area contributed by atoms with Gasteiger partial charge in [0.05, 0.1) is 5.69 Å². The van der Waals surface area contributed by atoms with Crippen LogP contribution in [0.1, 0.15) is 0 Å². The number of nitrogens with zero attached hydrogens (tertiary/aromatic N) is 2. The Kier molecular flexibility index (Phi) is 3.62. The van der Waals surface area contributed by atoms with Gasteiger partial charge in [0, 0.05) is 37.2 Å². The van der Waals surface area contributed by atoms with E-state index in [9.17, 15) is 0 Å². The van der Waals surface area contributed by atoms with Gasteiger partial charge in [0.2, 0.25) is 0 Å².